The van der Waals surface area contributed by atoms with Gasteiger partial charge in [0.1, 0.15) is 5.82 Å². The maximum Gasteiger partial charge on any atom is 0.242 e. The Bertz CT molecular complexity index is 777. The van der Waals surface area contributed by atoms with Gasteiger partial charge in [-0.05, 0) is 38.2 Å². The molecule has 0 aliphatic carbocycles. The molecular weight excluding hydrogens is 312 g/mol. The molecule has 0 saturated heterocycles. The fourth-order valence-corrected chi connectivity index (χ4v) is 3.57. The highest BCUT2D eigenvalue weighted by Crippen LogP contribution is 2.22. The number of imidazole rings is 1. The van der Waals surface area contributed by atoms with Gasteiger partial charge in [-0.3, -0.25) is 4.90 Å². The summed E-state index contributed by atoms with van der Waals surface area (Å²) in [6.07, 6.45) is 0. The average molecular weight is 338 g/mol. The molecule has 0 radical (unpaired) electrons. The molecule has 7 heteroatoms. The van der Waals surface area contributed by atoms with E-state index in [0.29, 0.717) is 0 Å². The summed E-state index contributed by atoms with van der Waals surface area (Å²) in [4.78, 5) is 7.27. The minimum Gasteiger partial charge on any atom is -0.327 e. The van der Waals surface area contributed by atoms with E-state index in [1.807, 2.05) is 6.07 Å². The van der Waals surface area contributed by atoms with Gasteiger partial charge in [0.25, 0.3) is 0 Å². The Morgan fingerprint density at radius 1 is 1.13 bits per heavy atom. The van der Waals surface area contributed by atoms with E-state index in [1.165, 1.54) is 18.4 Å². The first-order valence-corrected chi connectivity index (χ1v) is 9.43. The zero-order valence-electron chi connectivity index (χ0n) is 14.6. The predicted molar refractivity (Wildman–Crippen MR) is 92.9 cm³/mol. The molecule has 0 bridgehead atoms. The zero-order valence-corrected chi connectivity index (χ0v) is 15.4. The van der Waals surface area contributed by atoms with E-state index in [4.69, 9.17) is 4.98 Å². The van der Waals surface area contributed by atoms with Crippen LogP contribution in [0.2, 0.25) is 0 Å². The van der Waals surface area contributed by atoms with Crippen molar-refractivity contribution in [2.75, 3.05) is 27.2 Å². The van der Waals surface area contributed by atoms with Gasteiger partial charge in [0, 0.05) is 20.6 Å². The number of benzene rings is 1. The van der Waals surface area contributed by atoms with Crippen LogP contribution >= 0.6 is 0 Å². The van der Waals surface area contributed by atoms with Gasteiger partial charge in [-0.2, -0.15) is 0 Å². The maximum absolute atomic E-state index is 12.3. The van der Waals surface area contributed by atoms with Gasteiger partial charge in [-0.15, -0.1) is 0 Å². The second kappa shape index (κ2) is 6.98. The van der Waals surface area contributed by atoms with Gasteiger partial charge in [-0.25, -0.2) is 17.7 Å². The van der Waals surface area contributed by atoms with Crippen molar-refractivity contribution in [2.45, 2.75) is 38.8 Å². The van der Waals surface area contributed by atoms with Gasteiger partial charge >= 0.3 is 0 Å². The summed E-state index contributed by atoms with van der Waals surface area (Å²) in [5.41, 5.74) is 1.71. The monoisotopic (exact) mass is 338 g/mol. The van der Waals surface area contributed by atoms with Crippen molar-refractivity contribution in [1.82, 2.24) is 18.8 Å². The van der Waals surface area contributed by atoms with Crippen LogP contribution in [0.4, 0.5) is 0 Å². The molecule has 1 aromatic carbocycles. The molecule has 0 atom stereocenters. The zero-order chi connectivity index (χ0) is 17.2. The molecular formula is C16H26N4O2S. The van der Waals surface area contributed by atoms with E-state index in [-0.39, 0.29) is 4.90 Å². The summed E-state index contributed by atoms with van der Waals surface area (Å²) >= 11 is 0. The molecule has 6 nitrogen and oxygen atoms in total. The van der Waals surface area contributed by atoms with Gasteiger partial charge in [-0.1, -0.05) is 13.8 Å². The van der Waals surface area contributed by atoms with E-state index in [0.717, 1.165) is 43.0 Å². The third-order valence-corrected chi connectivity index (χ3v) is 5.96. The highest BCUT2D eigenvalue weighted by atomic mass is 32.2. The molecule has 0 unspecified atom stereocenters. The molecule has 2 aromatic rings. The second-order valence-corrected chi connectivity index (χ2v) is 7.82. The first-order chi connectivity index (χ1) is 10.8. The topological polar surface area (TPSA) is 58.4 Å². The lowest BCUT2D eigenvalue weighted by Gasteiger charge is -2.18. The summed E-state index contributed by atoms with van der Waals surface area (Å²) in [6.45, 7) is 9.84. The Hall–Kier alpha value is -1.44. The third kappa shape index (κ3) is 3.41. The van der Waals surface area contributed by atoms with Crippen LogP contribution in [0, 0.1) is 0 Å². The molecule has 0 fully saturated rings. The minimum absolute atomic E-state index is 0.283. The number of hydrogen-bond donors (Lipinski definition) is 0. The van der Waals surface area contributed by atoms with Crippen LogP contribution in [0.25, 0.3) is 11.0 Å². The molecule has 0 N–H and O–H groups in total. The molecule has 0 spiro atoms. The summed E-state index contributed by atoms with van der Waals surface area (Å²) in [7, 11) is -0.362. The number of sulfonamides is 1. The largest absolute Gasteiger partial charge is 0.327 e. The minimum atomic E-state index is -3.44. The van der Waals surface area contributed by atoms with E-state index in [2.05, 4.69) is 30.2 Å². The summed E-state index contributed by atoms with van der Waals surface area (Å²) in [6, 6.07) is 5.18. The Kier molecular flexibility index (Phi) is 5.44. The predicted octanol–water partition coefficient (Wildman–Crippen LogP) is 2.15. The van der Waals surface area contributed by atoms with Gasteiger partial charge in [0.05, 0.1) is 22.5 Å². The van der Waals surface area contributed by atoms with Crippen molar-refractivity contribution in [3.63, 3.8) is 0 Å². The standard InChI is InChI=1S/C16H26N4O2S/c1-6-19(7-2)12-16-17-14-11-13(23(21,22)18(4)5)9-10-15(14)20(16)8-3/h9-11H,6-8,12H2,1-5H3. The molecule has 0 saturated carbocycles. The number of fused-ring (bicyclic) bond motifs is 1. The van der Waals surface area contributed by atoms with Crippen molar-refractivity contribution < 1.29 is 8.42 Å². The van der Waals surface area contributed by atoms with Gasteiger partial charge in [0.15, 0.2) is 0 Å². The van der Waals surface area contributed by atoms with Crippen LogP contribution in [0.15, 0.2) is 23.1 Å². The number of hydrogen-bond acceptors (Lipinski definition) is 4. The smallest absolute Gasteiger partial charge is 0.242 e. The third-order valence-electron chi connectivity index (χ3n) is 4.15. The lowest BCUT2D eigenvalue weighted by atomic mass is 10.3. The van der Waals surface area contributed by atoms with E-state index >= 15 is 0 Å². The van der Waals surface area contributed by atoms with Gasteiger partial charge < -0.3 is 4.57 Å². The molecule has 0 aliphatic heterocycles. The quantitative estimate of drug-likeness (QED) is 0.776. The van der Waals surface area contributed by atoms with Crippen molar-refractivity contribution >= 4 is 21.1 Å². The first-order valence-electron chi connectivity index (χ1n) is 7.99. The SMILES string of the molecule is CCN(CC)Cc1nc2cc(S(=O)(=O)N(C)C)ccc2n1CC. The van der Waals surface area contributed by atoms with Crippen LogP contribution in [0.3, 0.4) is 0 Å². The van der Waals surface area contributed by atoms with Crippen LogP contribution in [-0.4, -0.2) is 54.4 Å². The van der Waals surface area contributed by atoms with Crippen molar-refractivity contribution in [3.8, 4) is 0 Å². The van der Waals surface area contributed by atoms with E-state index in [9.17, 15) is 8.42 Å². The Labute approximate surface area is 138 Å². The Morgan fingerprint density at radius 3 is 2.30 bits per heavy atom. The van der Waals surface area contributed by atoms with Crippen LogP contribution in [0.5, 0.6) is 0 Å². The molecule has 2 rings (SSSR count). The lowest BCUT2D eigenvalue weighted by molar-refractivity contribution is 0.284. The van der Waals surface area contributed by atoms with Gasteiger partial charge in [0.2, 0.25) is 10.0 Å². The normalized spacial score (nSPS) is 12.7. The highest BCUT2D eigenvalue weighted by molar-refractivity contribution is 7.89. The molecule has 128 valence electrons. The average Bonchev–Trinajstić information content (AvgIpc) is 2.88. The maximum atomic E-state index is 12.3. The number of aromatic nitrogens is 2. The van der Waals surface area contributed by atoms with Crippen LogP contribution in [-0.2, 0) is 23.1 Å². The first kappa shape index (κ1) is 17.9. The van der Waals surface area contributed by atoms with Crippen molar-refractivity contribution in [1.29, 1.82) is 0 Å². The summed E-state index contributed by atoms with van der Waals surface area (Å²) < 4.78 is 28.0. The molecule has 0 amide bonds. The van der Waals surface area contributed by atoms with E-state index in [1.54, 1.807) is 12.1 Å². The van der Waals surface area contributed by atoms with Crippen LogP contribution < -0.4 is 0 Å². The summed E-state index contributed by atoms with van der Waals surface area (Å²) in [5.74, 6) is 0.977. The molecule has 1 aromatic heterocycles. The fourth-order valence-electron chi connectivity index (χ4n) is 2.65. The molecule has 23 heavy (non-hydrogen) atoms. The van der Waals surface area contributed by atoms with Crippen LogP contribution in [0.1, 0.15) is 26.6 Å². The Morgan fingerprint density at radius 2 is 1.78 bits per heavy atom. The second-order valence-electron chi connectivity index (χ2n) is 5.67. The molecule has 0 aliphatic rings. The Balaban J connectivity index is 2.52. The van der Waals surface area contributed by atoms with Crippen molar-refractivity contribution in [3.05, 3.63) is 24.0 Å². The van der Waals surface area contributed by atoms with Crippen molar-refractivity contribution in [2.24, 2.45) is 0 Å². The number of nitrogens with zero attached hydrogens (tertiary/aromatic N) is 4. The number of aryl methyl sites for hydroxylation is 1. The highest BCUT2D eigenvalue weighted by Gasteiger charge is 2.19. The molecule has 1 heterocycles. The number of rotatable bonds is 7. The summed E-state index contributed by atoms with van der Waals surface area (Å²) in [5, 5.41) is 0. The lowest BCUT2D eigenvalue weighted by Crippen LogP contribution is -2.24. The van der Waals surface area contributed by atoms with E-state index < -0.39 is 10.0 Å². The fraction of sp³-hybridized carbons (Fsp3) is 0.562.